The Morgan fingerprint density at radius 2 is 1.94 bits per heavy atom. The van der Waals surface area contributed by atoms with Gasteiger partial charge in [0.2, 0.25) is 0 Å². The molecule has 1 heterocycles. The third-order valence-corrected chi connectivity index (χ3v) is 2.10. The highest BCUT2D eigenvalue weighted by molar-refractivity contribution is 5.39. The molecule has 0 radical (unpaired) electrons. The summed E-state index contributed by atoms with van der Waals surface area (Å²) in [4.78, 5) is 0. The second-order valence-corrected chi connectivity index (χ2v) is 3.29. The monoisotopic (exact) mass is 218 g/mol. The van der Waals surface area contributed by atoms with E-state index in [2.05, 4.69) is 15.5 Å². The Labute approximate surface area is 92.3 Å². The zero-order chi connectivity index (χ0) is 11.4. The van der Waals surface area contributed by atoms with Crippen LogP contribution in [0.2, 0.25) is 0 Å². The van der Waals surface area contributed by atoms with Crippen LogP contribution in [0.1, 0.15) is 5.56 Å². The number of aromatic nitrogens is 2. The molecule has 5 heteroatoms. The van der Waals surface area contributed by atoms with E-state index in [0.29, 0.717) is 23.7 Å². The average molecular weight is 218 g/mol. The zero-order valence-corrected chi connectivity index (χ0v) is 8.52. The van der Waals surface area contributed by atoms with Gasteiger partial charge in [0.25, 0.3) is 0 Å². The minimum absolute atomic E-state index is 0.238. The summed E-state index contributed by atoms with van der Waals surface area (Å²) in [6, 6.07) is 9.91. The Balaban J connectivity index is 2.02. The summed E-state index contributed by atoms with van der Waals surface area (Å²) in [5.74, 6) is 0.687. The first kappa shape index (κ1) is 10.4. The van der Waals surface area contributed by atoms with Crippen molar-refractivity contribution in [2.24, 2.45) is 0 Å². The van der Waals surface area contributed by atoms with Gasteiger partial charge in [0.15, 0.2) is 0 Å². The number of nitrogens with zero attached hydrogens (tertiary/aromatic N) is 2. The van der Waals surface area contributed by atoms with Gasteiger partial charge in [-0.2, -0.15) is 0 Å². The summed E-state index contributed by atoms with van der Waals surface area (Å²) in [7, 11) is 0. The van der Waals surface area contributed by atoms with E-state index in [4.69, 9.17) is 5.73 Å². The predicted molar refractivity (Wildman–Crippen MR) is 60.2 cm³/mol. The highest BCUT2D eigenvalue weighted by atomic mass is 19.1. The third kappa shape index (κ3) is 2.44. The Morgan fingerprint density at radius 1 is 1.12 bits per heavy atom. The van der Waals surface area contributed by atoms with Gasteiger partial charge in [-0.1, -0.05) is 18.2 Å². The van der Waals surface area contributed by atoms with Crippen molar-refractivity contribution in [3.63, 3.8) is 0 Å². The predicted octanol–water partition coefficient (Wildman–Crippen LogP) is 1.81. The van der Waals surface area contributed by atoms with E-state index in [1.54, 1.807) is 30.3 Å². The molecule has 0 fully saturated rings. The molecule has 0 atom stereocenters. The maximum Gasteiger partial charge on any atom is 0.149 e. The molecule has 0 aliphatic rings. The molecule has 1 aromatic heterocycles. The van der Waals surface area contributed by atoms with E-state index in [1.807, 2.05) is 0 Å². The Morgan fingerprint density at radius 3 is 2.62 bits per heavy atom. The Kier molecular flexibility index (Phi) is 2.95. The molecule has 2 aromatic rings. The number of hydrogen-bond acceptors (Lipinski definition) is 4. The molecular formula is C11H11FN4. The summed E-state index contributed by atoms with van der Waals surface area (Å²) in [6.45, 7) is 0.366. The summed E-state index contributed by atoms with van der Waals surface area (Å²) >= 11 is 0. The number of halogens is 1. The van der Waals surface area contributed by atoms with Gasteiger partial charge in [-0.15, -0.1) is 10.2 Å². The average Bonchev–Trinajstić information content (AvgIpc) is 2.30. The van der Waals surface area contributed by atoms with Crippen LogP contribution in [0.4, 0.5) is 16.0 Å². The molecular weight excluding hydrogens is 207 g/mol. The molecule has 0 saturated carbocycles. The van der Waals surface area contributed by atoms with Crippen molar-refractivity contribution in [2.45, 2.75) is 6.54 Å². The van der Waals surface area contributed by atoms with Crippen molar-refractivity contribution in [2.75, 3.05) is 11.1 Å². The first-order valence-corrected chi connectivity index (χ1v) is 4.82. The summed E-state index contributed by atoms with van der Waals surface area (Å²) < 4.78 is 13.3. The van der Waals surface area contributed by atoms with Gasteiger partial charge < -0.3 is 11.1 Å². The van der Waals surface area contributed by atoms with Crippen LogP contribution in [0, 0.1) is 5.82 Å². The van der Waals surface area contributed by atoms with Crippen LogP contribution in [-0.2, 0) is 6.54 Å². The number of anilines is 2. The largest absolute Gasteiger partial charge is 0.382 e. The molecule has 16 heavy (non-hydrogen) atoms. The van der Waals surface area contributed by atoms with Gasteiger partial charge in [-0.3, -0.25) is 0 Å². The normalized spacial score (nSPS) is 10.1. The number of nitrogens with two attached hydrogens (primary N) is 1. The lowest BCUT2D eigenvalue weighted by atomic mass is 10.2. The van der Waals surface area contributed by atoms with Crippen molar-refractivity contribution in [3.8, 4) is 0 Å². The van der Waals surface area contributed by atoms with Gasteiger partial charge in [0.05, 0.1) is 0 Å². The summed E-state index contributed by atoms with van der Waals surface area (Å²) in [5, 5.41) is 10.5. The molecule has 0 amide bonds. The molecule has 3 N–H and O–H groups in total. The van der Waals surface area contributed by atoms with Crippen molar-refractivity contribution in [1.82, 2.24) is 10.2 Å². The van der Waals surface area contributed by atoms with Crippen LogP contribution < -0.4 is 11.1 Å². The van der Waals surface area contributed by atoms with Crippen LogP contribution in [0.15, 0.2) is 36.4 Å². The molecule has 0 spiro atoms. The van der Waals surface area contributed by atoms with Gasteiger partial charge in [-0.25, -0.2) is 4.39 Å². The molecule has 0 aliphatic carbocycles. The second kappa shape index (κ2) is 4.57. The van der Waals surface area contributed by atoms with Gasteiger partial charge in [0.1, 0.15) is 17.5 Å². The smallest absolute Gasteiger partial charge is 0.149 e. The SMILES string of the molecule is Nc1ccc(NCc2ccccc2F)nn1. The minimum atomic E-state index is -0.238. The van der Waals surface area contributed by atoms with E-state index >= 15 is 0 Å². The highest BCUT2D eigenvalue weighted by Crippen LogP contribution is 2.09. The maximum atomic E-state index is 13.3. The zero-order valence-electron chi connectivity index (χ0n) is 8.52. The molecule has 1 aromatic carbocycles. The topological polar surface area (TPSA) is 63.8 Å². The van der Waals surface area contributed by atoms with E-state index in [1.165, 1.54) is 6.07 Å². The molecule has 0 bridgehead atoms. The fourth-order valence-electron chi connectivity index (χ4n) is 1.26. The van der Waals surface area contributed by atoms with Crippen LogP contribution in [0.5, 0.6) is 0 Å². The van der Waals surface area contributed by atoms with E-state index < -0.39 is 0 Å². The lowest BCUT2D eigenvalue weighted by Crippen LogP contribution is -2.04. The number of hydrogen-bond donors (Lipinski definition) is 2. The fourth-order valence-corrected chi connectivity index (χ4v) is 1.26. The van der Waals surface area contributed by atoms with Crippen molar-refractivity contribution in [3.05, 3.63) is 47.8 Å². The van der Waals surface area contributed by atoms with Crippen molar-refractivity contribution in [1.29, 1.82) is 0 Å². The van der Waals surface area contributed by atoms with E-state index in [0.717, 1.165) is 0 Å². The van der Waals surface area contributed by atoms with Crippen LogP contribution in [-0.4, -0.2) is 10.2 Å². The number of nitrogen functional groups attached to an aromatic ring is 1. The third-order valence-electron chi connectivity index (χ3n) is 2.10. The van der Waals surface area contributed by atoms with Gasteiger partial charge in [-0.05, 0) is 18.2 Å². The van der Waals surface area contributed by atoms with Crippen LogP contribution in [0.25, 0.3) is 0 Å². The molecule has 82 valence electrons. The number of nitrogens with one attached hydrogen (secondary N) is 1. The first-order chi connectivity index (χ1) is 7.75. The molecule has 0 unspecified atom stereocenters. The molecule has 4 nitrogen and oxygen atoms in total. The van der Waals surface area contributed by atoms with Gasteiger partial charge >= 0.3 is 0 Å². The first-order valence-electron chi connectivity index (χ1n) is 4.82. The van der Waals surface area contributed by atoms with E-state index in [9.17, 15) is 4.39 Å². The molecule has 0 saturated heterocycles. The van der Waals surface area contributed by atoms with Crippen molar-refractivity contribution >= 4 is 11.6 Å². The van der Waals surface area contributed by atoms with E-state index in [-0.39, 0.29) is 5.82 Å². The fraction of sp³-hybridized carbons (Fsp3) is 0.0909. The van der Waals surface area contributed by atoms with Crippen LogP contribution >= 0.6 is 0 Å². The number of rotatable bonds is 3. The standard InChI is InChI=1S/C11H11FN4/c12-9-4-2-1-3-8(9)7-14-11-6-5-10(13)15-16-11/h1-6H,7H2,(H2,13,15)(H,14,16). The second-order valence-electron chi connectivity index (χ2n) is 3.29. The lowest BCUT2D eigenvalue weighted by molar-refractivity contribution is 0.613. The summed E-state index contributed by atoms with van der Waals surface area (Å²) in [6.07, 6.45) is 0. The summed E-state index contributed by atoms with van der Waals surface area (Å²) in [5.41, 5.74) is 5.98. The van der Waals surface area contributed by atoms with Crippen LogP contribution in [0.3, 0.4) is 0 Å². The maximum absolute atomic E-state index is 13.3. The molecule has 0 aliphatic heterocycles. The Bertz CT molecular complexity index is 470. The Hall–Kier alpha value is -2.17. The quantitative estimate of drug-likeness (QED) is 0.824. The molecule has 2 rings (SSSR count). The number of benzene rings is 1. The minimum Gasteiger partial charge on any atom is -0.382 e. The van der Waals surface area contributed by atoms with Crippen molar-refractivity contribution < 1.29 is 4.39 Å². The van der Waals surface area contributed by atoms with Gasteiger partial charge in [0, 0.05) is 12.1 Å². The highest BCUT2D eigenvalue weighted by Gasteiger charge is 2.00. The lowest BCUT2D eigenvalue weighted by Gasteiger charge is -2.05.